The van der Waals surface area contributed by atoms with Crippen molar-refractivity contribution < 1.29 is 18.0 Å². The zero-order valence-electron chi connectivity index (χ0n) is 18.7. The van der Waals surface area contributed by atoms with Crippen LogP contribution in [0, 0.1) is 13.8 Å². The van der Waals surface area contributed by atoms with Gasteiger partial charge in [0.15, 0.2) is 0 Å². The van der Waals surface area contributed by atoms with Gasteiger partial charge in [-0.15, -0.1) is 0 Å². The summed E-state index contributed by atoms with van der Waals surface area (Å²) in [6.45, 7) is 7.98. The number of sulfonamides is 1. The van der Waals surface area contributed by atoms with E-state index in [4.69, 9.17) is 0 Å². The van der Waals surface area contributed by atoms with Crippen LogP contribution in [0.1, 0.15) is 48.2 Å². The highest BCUT2D eigenvalue weighted by Crippen LogP contribution is 2.26. The van der Waals surface area contributed by atoms with E-state index in [-0.39, 0.29) is 12.3 Å². The second kappa shape index (κ2) is 10.4. The third-order valence-corrected chi connectivity index (χ3v) is 5.94. The number of aryl methyl sites for hydroxylation is 2. The van der Waals surface area contributed by atoms with Gasteiger partial charge in [0.1, 0.15) is 6.04 Å². The summed E-state index contributed by atoms with van der Waals surface area (Å²) < 4.78 is 26.5. The first-order chi connectivity index (χ1) is 14.6. The summed E-state index contributed by atoms with van der Waals surface area (Å²) in [4.78, 5) is 25.7. The average molecular weight is 446 g/mol. The molecule has 2 rings (SSSR count). The molecule has 0 saturated carbocycles. The smallest absolute Gasteiger partial charge is 0.253 e. The Kier molecular flexibility index (Phi) is 8.21. The fraction of sp³-hybridized carbons (Fsp3) is 0.391. The molecule has 0 spiro atoms. The molecule has 2 amide bonds. The molecular weight excluding hydrogens is 414 g/mol. The summed E-state index contributed by atoms with van der Waals surface area (Å²) in [6.07, 6.45) is 2.14. The highest BCUT2D eigenvalue weighted by molar-refractivity contribution is 7.92. The van der Waals surface area contributed by atoms with E-state index in [9.17, 15) is 18.0 Å². The molecule has 7 nitrogen and oxygen atoms in total. The SMILES string of the molecule is CCCNC(=O)c1ccccc1NC(=O)[C@@H](CC)N(c1cc(C)cc(C)c1)S(C)(=O)=O. The maximum absolute atomic E-state index is 13.2. The molecule has 0 aliphatic carbocycles. The zero-order chi connectivity index (χ0) is 23.2. The van der Waals surface area contributed by atoms with Gasteiger partial charge in [-0.25, -0.2) is 8.42 Å². The van der Waals surface area contributed by atoms with E-state index in [1.807, 2.05) is 26.8 Å². The van der Waals surface area contributed by atoms with Gasteiger partial charge >= 0.3 is 0 Å². The molecule has 8 heteroatoms. The van der Waals surface area contributed by atoms with Crippen molar-refractivity contribution in [2.45, 2.75) is 46.6 Å². The molecule has 0 radical (unpaired) electrons. The van der Waals surface area contributed by atoms with Crippen molar-refractivity contribution in [2.75, 3.05) is 22.4 Å². The van der Waals surface area contributed by atoms with Gasteiger partial charge < -0.3 is 10.6 Å². The van der Waals surface area contributed by atoms with Crippen molar-refractivity contribution in [3.8, 4) is 0 Å². The Morgan fingerprint density at radius 1 is 1.03 bits per heavy atom. The van der Waals surface area contributed by atoms with Crippen molar-refractivity contribution in [3.63, 3.8) is 0 Å². The number of rotatable bonds is 9. The van der Waals surface area contributed by atoms with E-state index in [0.717, 1.165) is 28.1 Å². The maximum Gasteiger partial charge on any atom is 0.253 e. The van der Waals surface area contributed by atoms with Crippen LogP contribution in [0.5, 0.6) is 0 Å². The molecule has 0 saturated heterocycles. The second-order valence-corrected chi connectivity index (χ2v) is 9.48. The predicted molar refractivity (Wildman–Crippen MR) is 125 cm³/mol. The van der Waals surface area contributed by atoms with Gasteiger partial charge in [0, 0.05) is 6.54 Å². The Morgan fingerprint density at radius 3 is 2.19 bits per heavy atom. The van der Waals surface area contributed by atoms with Gasteiger partial charge in [0.2, 0.25) is 15.9 Å². The quantitative estimate of drug-likeness (QED) is 0.616. The number of nitrogens with one attached hydrogen (secondary N) is 2. The first-order valence-electron chi connectivity index (χ1n) is 10.3. The second-order valence-electron chi connectivity index (χ2n) is 7.62. The van der Waals surface area contributed by atoms with Gasteiger partial charge in [-0.3, -0.25) is 13.9 Å². The van der Waals surface area contributed by atoms with Crippen LogP contribution in [-0.2, 0) is 14.8 Å². The number of para-hydroxylation sites is 1. The van der Waals surface area contributed by atoms with Gasteiger partial charge in [-0.05, 0) is 62.1 Å². The van der Waals surface area contributed by atoms with Crippen LogP contribution in [0.4, 0.5) is 11.4 Å². The molecule has 0 aliphatic rings. The third kappa shape index (κ3) is 6.30. The van der Waals surface area contributed by atoms with Crippen molar-refractivity contribution in [2.24, 2.45) is 0 Å². The highest BCUT2D eigenvalue weighted by atomic mass is 32.2. The lowest BCUT2D eigenvalue weighted by Crippen LogP contribution is -2.47. The highest BCUT2D eigenvalue weighted by Gasteiger charge is 2.32. The van der Waals surface area contributed by atoms with Crippen LogP contribution in [-0.4, -0.2) is 39.1 Å². The first kappa shape index (κ1) is 24.4. The third-order valence-electron chi connectivity index (χ3n) is 4.76. The largest absolute Gasteiger partial charge is 0.352 e. The van der Waals surface area contributed by atoms with Gasteiger partial charge in [0.25, 0.3) is 5.91 Å². The fourth-order valence-corrected chi connectivity index (χ4v) is 4.67. The lowest BCUT2D eigenvalue weighted by molar-refractivity contribution is -0.117. The first-order valence-corrected chi connectivity index (χ1v) is 12.2. The summed E-state index contributed by atoms with van der Waals surface area (Å²) in [7, 11) is -3.75. The Morgan fingerprint density at radius 2 is 1.65 bits per heavy atom. The molecule has 2 aromatic carbocycles. The minimum Gasteiger partial charge on any atom is -0.352 e. The topological polar surface area (TPSA) is 95.6 Å². The Labute approximate surface area is 184 Å². The van der Waals surface area contributed by atoms with Crippen molar-refractivity contribution in [3.05, 3.63) is 59.2 Å². The number of hydrogen-bond donors (Lipinski definition) is 2. The molecule has 168 valence electrons. The molecule has 0 aromatic heterocycles. The van der Waals surface area contributed by atoms with Crippen LogP contribution in [0.15, 0.2) is 42.5 Å². The summed E-state index contributed by atoms with van der Waals surface area (Å²) >= 11 is 0. The number of anilines is 2. The van der Waals surface area contributed by atoms with E-state index in [1.54, 1.807) is 43.3 Å². The minimum absolute atomic E-state index is 0.260. The van der Waals surface area contributed by atoms with E-state index in [2.05, 4.69) is 10.6 Å². The number of amides is 2. The standard InChI is InChI=1S/C23H31N3O4S/c1-6-12-24-22(27)19-10-8-9-11-20(19)25-23(28)21(7-2)26(31(5,29)30)18-14-16(3)13-17(4)15-18/h8-11,13-15,21H,6-7,12H2,1-5H3,(H,24,27)(H,25,28)/t21-/m1/s1. The van der Waals surface area contributed by atoms with Crippen molar-refractivity contribution in [1.82, 2.24) is 5.32 Å². The van der Waals surface area contributed by atoms with Crippen LogP contribution in [0.3, 0.4) is 0 Å². The Bertz CT molecular complexity index is 1030. The lowest BCUT2D eigenvalue weighted by atomic mass is 10.1. The number of hydrogen-bond acceptors (Lipinski definition) is 4. The predicted octanol–water partition coefficient (Wildman–Crippen LogP) is 3.63. The minimum atomic E-state index is -3.75. The number of nitrogens with zero attached hydrogens (tertiary/aromatic N) is 1. The van der Waals surface area contributed by atoms with Crippen LogP contribution < -0.4 is 14.9 Å². The normalized spacial score (nSPS) is 12.2. The molecule has 2 aromatic rings. The zero-order valence-corrected chi connectivity index (χ0v) is 19.5. The van der Waals surface area contributed by atoms with Gasteiger partial charge in [0.05, 0.1) is 23.2 Å². The lowest BCUT2D eigenvalue weighted by Gasteiger charge is -2.30. The number of carbonyl (C=O) groups is 2. The molecular formula is C23H31N3O4S. The molecule has 0 heterocycles. The summed E-state index contributed by atoms with van der Waals surface area (Å²) in [6, 6.07) is 11.1. The maximum atomic E-state index is 13.2. The van der Waals surface area contributed by atoms with Crippen LogP contribution in [0.25, 0.3) is 0 Å². The monoisotopic (exact) mass is 445 g/mol. The van der Waals surface area contributed by atoms with Crippen LogP contribution >= 0.6 is 0 Å². The van der Waals surface area contributed by atoms with E-state index >= 15 is 0 Å². The summed E-state index contributed by atoms with van der Waals surface area (Å²) in [5.74, 6) is -0.789. The van der Waals surface area contributed by atoms with Gasteiger partial charge in [-0.2, -0.15) is 0 Å². The Hall–Kier alpha value is -2.87. The average Bonchev–Trinajstić information content (AvgIpc) is 2.68. The summed E-state index contributed by atoms with van der Waals surface area (Å²) in [5, 5.41) is 5.56. The van der Waals surface area contributed by atoms with Crippen LogP contribution in [0.2, 0.25) is 0 Å². The molecule has 2 N–H and O–H groups in total. The number of benzene rings is 2. The number of carbonyl (C=O) groups excluding carboxylic acids is 2. The van der Waals surface area contributed by atoms with Crippen molar-refractivity contribution >= 4 is 33.2 Å². The molecule has 0 fully saturated rings. The molecule has 31 heavy (non-hydrogen) atoms. The summed E-state index contributed by atoms with van der Waals surface area (Å²) in [5.41, 5.74) is 2.91. The Balaban J connectivity index is 2.41. The molecule has 0 bridgehead atoms. The molecule has 0 unspecified atom stereocenters. The van der Waals surface area contributed by atoms with Gasteiger partial charge in [-0.1, -0.05) is 32.0 Å². The van der Waals surface area contributed by atoms with E-state index < -0.39 is 22.0 Å². The molecule has 0 aliphatic heterocycles. The fourth-order valence-electron chi connectivity index (χ4n) is 3.48. The van der Waals surface area contributed by atoms with Crippen molar-refractivity contribution in [1.29, 1.82) is 0 Å². The van der Waals surface area contributed by atoms with E-state index in [0.29, 0.717) is 23.5 Å². The molecule has 1 atom stereocenters. The van der Waals surface area contributed by atoms with E-state index in [1.165, 1.54) is 0 Å².